The molecule has 18 heavy (non-hydrogen) atoms. The number of benzene rings is 1. The van der Waals surface area contributed by atoms with Crippen LogP contribution in [0.3, 0.4) is 0 Å². The molecule has 0 atom stereocenters. The van der Waals surface area contributed by atoms with E-state index in [1.165, 1.54) is 17.4 Å². The predicted octanol–water partition coefficient (Wildman–Crippen LogP) is 2.95. The van der Waals surface area contributed by atoms with Gasteiger partial charge in [-0.25, -0.2) is 9.37 Å². The highest BCUT2D eigenvalue weighted by Crippen LogP contribution is 2.23. The molecule has 0 radical (unpaired) electrons. The lowest BCUT2D eigenvalue weighted by atomic mass is 9.93. The number of thiazole rings is 1. The zero-order valence-corrected chi connectivity index (χ0v) is 10.9. The first-order chi connectivity index (χ1) is 8.50. The van der Waals surface area contributed by atoms with E-state index in [0.717, 1.165) is 0 Å². The van der Waals surface area contributed by atoms with E-state index in [4.69, 9.17) is 0 Å². The van der Waals surface area contributed by atoms with E-state index in [0.29, 0.717) is 11.3 Å². The van der Waals surface area contributed by atoms with Crippen molar-refractivity contribution in [2.75, 3.05) is 0 Å². The van der Waals surface area contributed by atoms with Crippen molar-refractivity contribution in [2.24, 2.45) is 0 Å². The van der Waals surface area contributed by atoms with Gasteiger partial charge in [0.25, 0.3) is 5.91 Å². The number of rotatable bonds is 3. The van der Waals surface area contributed by atoms with Gasteiger partial charge in [0.1, 0.15) is 11.5 Å². The molecule has 2 aromatic rings. The summed E-state index contributed by atoms with van der Waals surface area (Å²) < 4.78 is 13.7. The van der Waals surface area contributed by atoms with E-state index in [2.05, 4.69) is 10.3 Å². The zero-order valence-electron chi connectivity index (χ0n) is 10.1. The summed E-state index contributed by atoms with van der Waals surface area (Å²) in [4.78, 5) is 15.8. The Morgan fingerprint density at radius 2 is 2.11 bits per heavy atom. The summed E-state index contributed by atoms with van der Waals surface area (Å²) in [5.74, 6) is -0.634. The summed E-state index contributed by atoms with van der Waals surface area (Å²) >= 11 is 1.35. The SMILES string of the molecule is CC(C)(NC(=O)c1cscn1)c1ccccc1F. The monoisotopic (exact) mass is 264 g/mol. The summed E-state index contributed by atoms with van der Waals surface area (Å²) in [5.41, 5.74) is 1.61. The number of halogens is 1. The van der Waals surface area contributed by atoms with E-state index in [1.807, 2.05) is 0 Å². The number of hydrogen-bond donors (Lipinski definition) is 1. The van der Waals surface area contributed by atoms with Crippen molar-refractivity contribution >= 4 is 17.2 Å². The summed E-state index contributed by atoms with van der Waals surface area (Å²) in [6.07, 6.45) is 0. The number of nitrogens with one attached hydrogen (secondary N) is 1. The summed E-state index contributed by atoms with van der Waals surface area (Å²) in [6.45, 7) is 3.52. The molecule has 0 saturated carbocycles. The quantitative estimate of drug-likeness (QED) is 0.926. The van der Waals surface area contributed by atoms with Gasteiger partial charge in [0.15, 0.2) is 0 Å². The molecule has 2 rings (SSSR count). The minimum Gasteiger partial charge on any atom is -0.342 e. The van der Waals surface area contributed by atoms with Crippen molar-refractivity contribution in [1.82, 2.24) is 10.3 Å². The Hall–Kier alpha value is -1.75. The average Bonchev–Trinajstić information content (AvgIpc) is 2.82. The number of carbonyl (C=O) groups is 1. The fraction of sp³-hybridized carbons (Fsp3) is 0.231. The summed E-state index contributed by atoms with van der Waals surface area (Å²) in [5, 5.41) is 4.44. The highest BCUT2D eigenvalue weighted by molar-refractivity contribution is 7.07. The maximum absolute atomic E-state index is 13.7. The Balaban J connectivity index is 2.22. The van der Waals surface area contributed by atoms with Gasteiger partial charge < -0.3 is 5.32 Å². The normalized spacial score (nSPS) is 11.3. The first-order valence-corrected chi connectivity index (χ1v) is 6.41. The van der Waals surface area contributed by atoms with Crippen LogP contribution in [0.4, 0.5) is 4.39 Å². The van der Waals surface area contributed by atoms with Crippen LogP contribution in [0, 0.1) is 5.82 Å². The van der Waals surface area contributed by atoms with Crippen LogP contribution in [0.15, 0.2) is 35.2 Å². The number of carbonyl (C=O) groups excluding carboxylic acids is 1. The lowest BCUT2D eigenvalue weighted by molar-refractivity contribution is 0.0906. The Morgan fingerprint density at radius 3 is 2.72 bits per heavy atom. The number of aromatic nitrogens is 1. The Kier molecular flexibility index (Phi) is 3.43. The van der Waals surface area contributed by atoms with Crippen molar-refractivity contribution in [2.45, 2.75) is 19.4 Å². The first kappa shape index (κ1) is 12.7. The molecule has 94 valence electrons. The molecule has 0 unspecified atom stereocenters. The van der Waals surface area contributed by atoms with Crippen molar-refractivity contribution in [3.05, 3.63) is 52.2 Å². The van der Waals surface area contributed by atoms with E-state index < -0.39 is 5.54 Å². The van der Waals surface area contributed by atoms with Crippen LogP contribution in [0.1, 0.15) is 29.9 Å². The third-order valence-corrected chi connectivity index (χ3v) is 3.22. The molecule has 1 amide bonds. The third kappa shape index (κ3) is 2.56. The molecule has 0 saturated heterocycles. The minimum atomic E-state index is -0.786. The highest BCUT2D eigenvalue weighted by atomic mass is 32.1. The fourth-order valence-electron chi connectivity index (χ4n) is 1.71. The van der Waals surface area contributed by atoms with Crippen molar-refractivity contribution in [3.63, 3.8) is 0 Å². The van der Waals surface area contributed by atoms with E-state index in [9.17, 15) is 9.18 Å². The van der Waals surface area contributed by atoms with Crippen LogP contribution in [-0.4, -0.2) is 10.9 Å². The van der Waals surface area contributed by atoms with Crippen LogP contribution >= 0.6 is 11.3 Å². The Labute approximate surface area is 109 Å². The van der Waals surface area contributed by atoms with Gasteiger partial charge >= 0.3 is 0 Å². The van der Waals surface area contributed by atoms with Crippen LogP contribution < -0.4 is 5.32 Å². The highest BCUT2D eigenvalue weighted by Gasteiger charge is 2.26. The van der Waals surface area contributed by atoms with Crippen molar-refractivity contribution < 1.29 is 9.18 Å². The second-order valence-corrected chi connectivity index (χ2v) is 5.15. The average molecular weight is 264 g/mol. The van der Waals surface area contributed by atoms with Gasteiger partial charge in [-0.1, -0.05) is 18.2 Å². The first-order valence-electron chi connectivity index (χ1n) is 5.46. The molecule has 1 aromatic carbocycles. The van der Waals surface area contributed by atoms with E-state index >= 15 is 0 Å². The van der Waals surface area contributed by atoms with Crippen molar-refractivity contribution in [1.29, 1.82) is 0 Å². The summed E-state index contributed by atoms with van der Waals surface area (Å²) in [7, 11) is 0. The van der Waals surface area contributed by atoms with Gasteiger partial charge in [0, 0.05) is 10.9 Å². The second-order valence-electron chi connectivity index (χ2n) is 4.43. The number of amides is 1. The molecule has 1 heterocycles. The number of hydrogen-bond acceptors (Lipinski definition) is 3. The predicted molar refractivity (Wildman–Crippen MR) is 69.0 cm³/mol. The summed E-state index contributed by atoms with van der Waals surface area (Å²) in [6, 6.07) is 6.41. The molecular formula is C13H13FN2OS. The van der Waals surface area contributed by atoms with E-state index in [1.54, 1.807) is 42.9 Å². The molecule has 0 aliphatic heterocycles. The topological polar surface area (TPSA) is 42.0 Å². The molecule has 1 N–H and O–H groups in total. The molecule has 3 nitrogen and oxygen atoms in total. The van der Waals surface area contributed by atoms with Gasteiger partial charge in [-0.2, -0.15) is 0 Å². The smallest absolute Gasteiger partial charge is 0.271 e. The molecule has 0 aliphatic carbocycles. The Morgan fingerprint density at radius 1 is 1.39 bits per heavy atom. The molecule has 1 aromatic heterocycles. The van der Waals surface area contributed by atoms with Crippen molar-refractivity contribution in [3.8, 4) is 0 Å². The molecule has 5 heteroatoms. The number of nitrogens with zero attached hydrogens (tertiary/aromatic N) is 1. The van der Waals surface area contributed by atoms with Crippen LogP contribution in [0.2, 0.25) is 0 Å². The fourth-order valence-corrected chi connectivity index (χ4v) is 2.24. The maximum atomic E-state index is 13.7. The van der Waals surface area contributed by atoms with Gasteiger partial charge in [-0.05, 0) is 19.9 Å². The zero-order chi connectivity index (χ0) is 13.2. The van der Waals surface area contributed by atoms with Gasteiger partial charge in [0.2, 0.25) is 0 Å². The largest absolute Gasteiger partial charge is 0.342 e. The van der Waals surface area contributed by atoms with Gasteiger partial charge in [0.05, 0.1) is 11.0 Å². The maximum Gasteiger partial charge on any atom is 0.271 e. The van der Waals surface area contributed by atoms with Crippen LogP contribution in [-0.2, 0) is 5.54 Å². The van der Waals surface area contributed by atoms with Gasteiger partial charge in [-0.15, -0.1) is 11.3 Å². The minimum absolute atomic E-state index is 0.301. The lowest BCUT2D eigenvalue weighted by Crippen LogP contribution is -2.41. The van der Waals surface area contributed by atoms with E-state index in [-0.39, 0.29) is 11.7 Å². The molecule has 0 bridgehead atoms. The molecule has 0 fully saturated rings. The lowest BCUT2D eigenvalue weighted by Gasteiger charge is -2.26. The van der Waals surface area contributed by atoms with Gasteiger partial charge in [-0.3, -0.25) is 4.79 Å². The molecular weight excluding hydrogens is 251 g/mol. The third-order valence-electron chi connectivity index (χ3n) is 2.64. The second kappa shape index (κ2) is 4.86. The molecule has 0 aliphatic rings. The van der Waals surface area contributed by atoms with Crippen LogP contribution in [0.5, 0.6) is 0 Å². The standard InChI is InChI=1S/C13H13FN2OS/c1-13(2,9-5-3-4-6-10(9)14)16-12(17)11-7-18-8-15-11/h3-8H,1-2H3,(H,16,17). The Bertz CT molecular complexity index is 552. The molecule has 0 spiro atoms. The van der Waals surface area contributed by atoms with Crippen LogP contribution in [0.25, 0.3) is 0 Å².